The quantitative estimate of drug-likeness (QED) is 0.610. The minimum Gasteiger partial charge on any atom is -0.468 e. The fourth-order valence-electron chi connectivity index (χ4n) is 1.84. The number of hydrogen-bond acceptors (Lipinski definition) is 2. The van der Waals surface area contributed by atoms with E-state index in [0.717, 1.165) is 24.8 Å². The van der Waals surface area contributed by atoms with Crippen LogP contribution in [0.1, 0.15) is 26.2 Å². The van der Waals surface area contributed by atoms with Crippen LogP contribution in [-0.4, -0.2) is 13.1 Å². The highest BCUT2D eigenvalue weighted by atomic mass is 16.5. The van der Waals surface area contributed by atoms with Crippen LogP contribution in [0.3, 0.4) is 0 Å². The lowest BCUT2D eigenvalue weighted by molar-refractivity contribution is -0.149. The molecule has 0 saturated heterocycles. The summed E-state index contributed by atoms with van der Waals surface area (Å²) in [5.74, 6) is -0.154. The zero-order chi connectivity index (χ0) is 9.90. The van der Waals surface area contributed by atoms with E-state index in [4.69, 9.17) is 4.74 Å². The molecule has 0 radical (unpaired) electrons. The second-order valence-electron chi connectivity index (χ2n) is 3.58. The smallest absolute Gasteiger partial charge is 0.315 e. The maximum atomic E-state index is 11.5. The van der Waals surface area contributed by atoms with Crippen LogP contribution in [0.4, 0.5) is 0 Å². The predicted octanol–water partition coefficient (Wildman–Crippen LogP) is 2.46. The highest BCUT2D eigenvalue weighted by Gasteiger charge is 2.37. The number of methoxy groups -OCH3 is 1. The van der Waals surface area contributed by atoms with E-state index in [0.29, 0.717) is 0 Å². The molecular formula is C11H16O2. The van der Waals surface area contributed by atoms with Crippen molar-refractivity contribution in [2.75, 3.05) is 7.11 Å². The van der Waals surface area contributed by atoms with E-state index in [1.54, 1.807) is 6.08 Å². The number of esters is 1. The first-order valence-corrected chi connectivity index (χ1v) is 4.56. The Kier molecular flexibility index (Phi) is 2.91. The summed E-state index contributed by atoms with van der Waals surface area (Å²) in [6, 6.07) is 0. The number of allylic oxidation sites excluding steroid dienone is 2. The van der Waals surface area contributed by atoms with Gasteiger partial charge in [-0.1, -0.05) is 18.7 Å². The molecule has 0 amide bonds. The van der Waals surface area contributed by atoms with Crippen LogP contribution in [0.15, 0.2) is 24.3 Å². The summed E-state index contributed by atoms with van der Waals surface area (Å²) in [7, 11) is 1.43. The van der Waals surface area contributed by atoms with Crippen LogP contribution in [0.2, 0.25) is 0 Å². The van der Waals surface area contributed by atoms with E-state index in [2.05, 4.69) is 12.7 Å². The molecule has 1 atom stereocenters. The summed E-state index contributed by atoms with van der Waals surface area (Å²) < 4.78 is 4.80. The Bertz CT molecular complexity index is 253. The fraction of sp³-hybridized carbons (Fsp3) is 0.545. The van der Waals surface area contributed by atoms with Crippen molar-refractivity contribution in [1.29, 1.82) is 0 Å². The van der Waals surface area contributed by atoms with Crippen LogP contribution >= 0.6 is 0 Å². The summed E-state index contributed by atoms with van der Waals surface area (Å²) in [6.45, 7) is 5.64. The van der Waals surface area contributed by atoms with Crippen molar-refractivity contribution in [3.63, 3.8) is 0 Å². The van der Waals surface area contributed by atoms with Gasteiger partial charge in [0.05, 0.1) is 12.5 Å². The van der Waals surface area contributed by atoms with E-state index in [-0.39, 0.29) is 5.97 Å². The number of rotatable bonds is 2. The normalized spacial score (nSPS) is 27.7. The number of hydrogen-bond donors (Lipinski definition) is 0. The van der Waals surface area contributed by atoms with Crippen molar-refractivity contribution >= 4 is 5.97 Å². The molecule has 0 spiro atoms. The van der Waals surface area contributed by atoms with Gasteiger partial charge < -0.3 is 4.74 Å². The lowest BCUT2D eigenvalue weighted by Crippen LogP contribution is -2.32. The first-order valence-electron chi connectivity index (χ1n) is 4.56. The van der Waals surface area contributed by atoms with Crippen molar-refractivity contribution in [1.82, 2.24) is 0 Å². The minimum absolute atomic E-state index is 0.154. The van der Waals surface area contributed by atoms with Gasteiger partial charge >= 0.3 is 5.97 Å². The Morgan fingerprint density at radius 3 is 3.00 bits per heavy atom. The van der Waals surface area contributed by atoms with Crippen LogP contribution in [-0.2, 0) is 9.53 Å². The molecule has 0 bridgehead atoms. The van der Waals surface area contributed by atoms with Gasteiger partial charge in [0.25, 0.3) is 0 Å². The van der Waals surface area contributed by atoms with Crippen molar-refractivity contribution in [3.8, 4) is 0 Å². The molecule has 0 aromatic rings. The highest BCUT2D eigenvalue weighted by Crippen LogP contribution is 2.38. The molecule has 0 unspecified atom stereocenters. The van der Waals surface area contributed by atoms with Gasteiger partial charge in [-0.3, -0.25) is 4.79 Å². The molecule has 0 heterocycles. The predicted molar refractivity (Wildman–Crippen MR) is 52.3 cm³/mol. The standard InChI is InChI=1S/C11H16O2/c1-4-9-7-5-6-8-11(9,2)10(12)13-3/h4,7H,1,5-6,8H2,2-3H3/t11-/m0/s1. The monoisotopic (exact) mass is 180 g/mol. The third-order valence-electron chi connectivity index (χ3n) is 2.74. The van der Waals surface area contributed by atoms with E-state index in [1.165, 1.54) is 7.11 Å². The van der Waals surface area contributed by atoms with Crippen LogP contribution in [0.25, 0.3) is 0 Å². The molecule has 72 valence electrons. The minimum atomic E-state index is -0.464. The number of ether oxygens (including phenoxy) is 1. The van der Waals surface area contributed by atoms with Gasteiger partial charge in [0.1, 0.15) is 0 Å². The third kappa shape index (κ3) is 1.67. The topological polar surface area (TPSA) is 26.3 Å². The SMILES string of the molecule is C=CC1=CCCC[C@]1(C)C(=O)OC. The van der Waals surface area contributed by atoms with Gasteiger partial charge in [-0.25, -0.2) is 0 Å². The molecule has 0 saturated carbocycles. The van der Waals surface area contributed by atoms with Gasteiger partial charge in [0, 0.05) is 0 Å². The fourth-order valence-corrected chi connectivity index (χ4v) is 1.84. The highest BCUT2D eigenvalue weighted by molar-refractivity contribution is 5.81. The first kappa shape index (κ1) is 10.0. The van der Waals surface area contributed by atoms with E-state index >= 15 is 0 Å². The molecule has 0 fully saturated rings. The van der Waals surface area contributed by atoms with Gasteiger partial charge in [0.15, 0.2) is 0 Å². The van der Waals surface area contributed by atoms with E-state index < -0.39 is 5.41 Å². The molecule has 0 aromatic heterocycles. The van der Waals surface area contributed by atoms with Gasteiger partial charge in [-0.2, -0.15) is 0 Å². The summed E-state index contributed by atoms with van der Waals surface area (Å²) in [5.41, 5.74) is 0.542. The van der Waals surface area contributed by atoms with Gasteiger partial charge in [0.2, 0.25) is 0 Å². The maximum absolute atomic E-state index is 11.5. The first-order chi connectivity index (χ1) is 6.15. The molecule has 2 nitrogen and oxygen atoms in total. The largest absolute Gasteiger partial charge is 0.468 e. The molecule has 0 aromatic carbocycles. The van der Waals surface area contributed by atoms with Crippen LogP contribution in [0.5, 0.6) is 0 Å². The van der Waals surface area contributed by atoms with Gasteiger partial charge in [-0.05, 0) is 31.8 Å². The molecule has 1 aliphatic rings. The summed E-state index contributed by atoms with van der Waals surface area (Å²) in [4.78, 5) is 11.5. The maximum Gasteiger partial charge on any atom is 0.315 e. The molecular weight excluding hydrogens is 164 g/mol. The molecule has 1 aliphatic carbocycles. The number of carbonyl (C=O) groups excluding carboxylic acids is 1. The summed E-state index contributed by atoms with van der Waals surface area (Å²) >= 11 is 0. The zero-order valence-corrected chi connectivity index (χ0v) is 8.30. The molecule has 0 aliphatic heterocycles. The van der Waals surface area contributed by atoms with Crippen molar-refractivity contribution in [2.24, 2.45) is 5.41 Å². The van der Waals surface area contributed by atoms with Crippen molar-refractivity contribution in [2.45, 2.75) is 26.2 Å². The van der Waals surface area contributed by atoms with Crippen LogP contribution in [0, 0.1) is 5.41 Å². The van der Waals surface area contributed by atoms with Gasteiger partial charge in [-0.15, -0.1) is 0 Å². The molecule has 1 rings (SSSR count). The molecule has 0 N–H and O–H groups in total. The Morgan fingerprint density at radius 1 is 1.77 bits per heavy atom. The third-order valence-corrected chi connectivity index (χ3v) is 2.74. The second-order valence-corrected chi connectivity index (χ2v) is 3.58. The Balaban J connectivity index is 2.98. The average Bonchev–Trinajstić information content (AvgIpc) is 2.17. The summed E-state index contributed by atoms with van der Waals surface area (Å²) in [6.07, 6.45) is 6.78. The second kappa shape index (κ2) is 3.77. The molecule has 2 heteroatoms. The Hall–Kier alpha value is -1.05. The Labute approximate surface area is 79.3 Å². The molecule has 13 heavy (non-hydrogen) atoms. The van der Waals surface area contributed by atoms with Crippen molar-refractivity contribution < 1.29 is 9.53 Å². The lowest BCUT2D eigenvalue weighted by Gasteiger charge is -2.31. The van der Waals surface area contributed by atoms with Crippen molar-refractivity contribution in [3.05, 3.63) is 24.3 Å². The Morgan fingerprint density at radius 2 is 2.46 bits per heavy atom. The number of carbonyl (C=O) groups is 1. The average molecular weight is 180 g/mol. The van der Waals surface area contributed by atoms with Crippen LogP contribution < -0.4 is 0 Å². The van der Waals surface area contributed by atoms with E-state index in [9.17, 15) is 4.79 Å². The lowest BCUT2D eigenvalue weighted by atomic mass is 9.74. The summed E-state index contributed by atoms with van der Waals surface area (Å²) in [5, 5.41) is 0. The zero-order valence-electron chi connectivity index (χ0n) is 8.30. The van der Waals surface area contributed by atoms with E-state index in [1.807, 2.05) is 6.92 Å².